The summed E-state index contributed by atoms with van der Waals surface area (Å²) in [5.74, 6) is -0.376. The zero-order chi connectivity index (χ0) is 26.6. The van der Waals surface area contributed by atoms with Crippen LogP contribution in [0.1, 0.15) is 25.3 Å². The van der Waals surface area contributed by atoms with Crippen molar-refractivity contribution in [3.63, 3.8) is 0 Å². The first kappa shape index (κ1) is 26.7. The number of carbonyl (C=O) groups excluding carboxylic acids is 1. The normalized spacial score (nSPS) is 17.9. The van der Waals surface area contributed by atoms with Gasteiger partial charge in [0.25, 0.3) is 5.69 Å². The molecule has 37 heavy (non-hydrogen) atoms. The van der Waals surface area contributed by atoms with E-state index in [1.54, 1.807) is 0 Å². The number of rotatable bonds is 9. The lowest BCUT2D eigenvalue weighted by Gasteiger charge is -2.42. The van der Waals surface area contributed by atoms with E-state index >= 15 is 0 Å². The van der Waals surface area contributed by atoms with E-state index in [1.807, 2.05) is 48.2 Å². The Balaban J connectivity index is 1.61. The Morgan fingerprint density at radius 3 is 2.49 bits per heavy atom. The third kappa shape index (κ3) is 5.66. The Morgan fingerprint density at radius 2 is 1.78 bits per heavy atom. The summed E-state index contributed by atoms with van der Waals surface area (Å²) in [6, 6.07) is 18.5. The van der Waals surface area contributed by atoms with Gasteiger partial charge in [0.2, 0.25) is 10.0 Å². The Kier molecular flexibility index (Phi) is 8.21. The van der Waals surface area contributed by atoms with Gasteiger partial charge in [-0.3, -0.25) is 19.8 Å². The molecule has 196 valence electrons. The van der Waals surface area contributed by atoms with Crippen LogP contribution in [0, 0.1) is 10.1 Å². The standard InChI is InChI=1S/C27H31N3O6S/c1-3-8-23-19-28(15-16-29(23)37(34,35)26-12-7-6-11-24(26)30(32)33)25(27(31)36-2)18-20-13-14-21-9-4-5-10-22(21)17-20/h4-7,9-14,17,23,25H,3,8,15-16,18-19H2,1-2H3/t23-,25-/m0/s1. The van der Waals surface area contributed by atoms with E-state index in [9.17, 15) is 23.3 Å². The van der Waals surface area contributed by atoms with Crippen LogP contribution in [0.15, 0.2) is 71.6 Å². The highest BCUT2D eigenvalue weighted by atomic mass is 32.2. The van der Waals surface area contributed by atoms with Crippen LogP contribution >= 0.6 is 0 Å². The van der Waals surface area contributed by atoms with Crippen LogP contribution in [-0.2, 0) is 26.0 Å². The van der Waals surface area contributed by atoms with Gasteiger partial charge < -0.3 is 4.74 Å². The molecule has 1 aliphatic heterocycles. The highest BCUT2D eigenvalue weighted by Gasteiger charge is 2.41. The highest BCUT2D eigenvalue weighted by Crippen LogP contribution is 2.31. The lowest BCUT2D eigenvalue weighted by Crippen LogP contribution is -2.59. The van der Waals surface area contributed by atoms with Crippen molar-refractivity contribution in [3.8, 4) is 0 Å². The summed E-state index contributed by atoms with van der Waals surface area (Å²) in [5, 5.41) is 13.7. The van der Waals surface area contributed by atoms with E-state index in [-0.39, 0.29) is 17.4 Å². The number of piperazine rings is 1. The van der Waals surface area contributed by atoms with Gasteiger partial charge in [0.05, 0.1) is 12.0 Å². The van der Waals surface area contributed by atoms with Crippen molar-refractivity contribution in [2.75, 3.05) is 26.7 Å². The quantitative estimate of drug-likeness (QED) is 0.236. The zero-order valence-corrected chi connectivity index (χ0v) is 21.8. The van der Waals surface area contributed by atoms with E-state index in [0.29, 0.717) is 25.9 Å². The molecule has 1 heterocycles. The average molecular weight is 526 g/mol. The molecule has 1 aliphatic rings. The molecule has 0 unspecified atom stereocenters. The van der Waals surface area contributed by atoms with Gasteiger partial charge in [-0.05, 0) is 35.2 Å². The SMILES string of the molecule is CCC[C@H]1CN([C@@H](Cc2ccc3ccccc3c2)C(=O)OC)CCN1S(=O)(=O)c1ccccc1[N+](=O)[O-]. The van der Waals surface area contributed by atoms with Crippen LogP contribution < -0.4 is 0 Å². The molecule has 1 fully saturated rings. The minimum Gasteiger partial charge on any atom is -0.468 e. The van der Waals surface area contributed by atoms with Crippen LogP contribution in [0.3, 0.4) is 0 Å². The van der Waals surface area contributed by atoms with Crippen LogP contribution in [-0.4, -0.2) is 67.3 Å². The van der Waals surface area contributed by atoms with Gasteiger partial charge in [0.1, 0.15) is 6.04 Å². The van der Waals surface area contributed by atoms with Crippen molar-refractivity contribution in [3.05, 3.63) is 82.4 Å². The number of nitro groups is 1. The molecule has 0 saturated carbocycles. The maximum Gasteiger partial charge on any atom is 0.323 e. The highest BCUT2D eigenvalue weighted by molar-refractivity contribution is 7.89. The number of para-hydroxylation sites is 1. The van der Waals surface area contributed by atoms with Crippen LogP contribution in [0.5, 0.6) is 0 Å². The molecule has 0 aliphatic carbocycles. The van der Waals surface area contributed by atoms with Gasteiger partial charge >= 0.3 is 5.97 Å². The number of fused-ring (bicyclic) bond motifs is 1. The summed E-state index contributed by atoms with van der Waals surface area (Å²) in [4.78, 5) is 25.4. The molecule has 0 aromatic heterocycles. The Labute approximate surface area is 216 Å². The molecule has 2 atom stereocenters. The van der Waals surface area contributed by atoms with Gasteiger partial charge in [-0.25, -0.2) is 8.42 Å². The lowest BCUT2D eigenvalue weighted by atomic mass is 9.99. The van der Waals surface area contributed by atoms with Gasteiger partial charge in [-0.1, -0.05) is 67.9 Å². The number of nitro benzene ring substituents is 1. The number of ether oxygens (including phenoxy) is 1. The van der Waals surface area contributed by atoms with Crippen LogP contribution in [0.25, 0.3) is 10.8 Å². The Bertz CT molecular complexity index is 1390. The fraction of sp³-hybridized carbons (Fsp3) is 0.370. The first-order chi connectivity index (χ1) is 17.8. The third-order valence-corrected chi connectivity index (χ3v) is 8.89. The zero-order valence-electron chi connectivity index (χ0n) is 20.9. The molecular formula is C27H31N3O6S. The summed E-state index contributed by atoms with van der Waals surface area (Å²) >= 11 is 0. The van der Waals surface area contributed by atoms with E-state index in [0.717, 1.165) is 22.8 Å². The first-order valence-corrected chi connectivity index (χ1v) is 13.7. The van der Waals surface area contributed by atoms with Gasteiger partial charge in [-0.2, -0.15) is 4.31 Å². The van der Waals surface area contributed by atoms with Crippen molar-refractivity contribution in [2.45, 2.75) is 43.2 Å². The fourth-order valence-corrected chi connectivity index (χ4v) is 6.87. The van der Waals surface area contributed by atoms with Crippen LogP contribution in [0.2, 0.25) is 0 Å². The smallest absolute Gasteiger partial charge is 0.323 e. The summed E-state index contributed by atoms with van der Waals surface area (Å²) in [7, 11) is -2.76. The molecule has 0 amide bonds. The molecule has 4 rings (SSSR count). The summed E-state index contributed by atoms with van der Waals surface area (Å²) < 4.78 is 33.7. The lowest BCUT2D eigenvalue weighted by molar-refractivity contribution is -0.387. The molecular weight excluding hydrogens is 494 g/mol. The van der Waals surface area contributed by atoms with E-state index in [4.69, 9.17) is 4.74 Å². The molecule has 1 saturated heterocycles. The third-order valence-electron chi connectivity index (χ3n) is 6.89. The average Bonchev–Trinajstić information content (AvgIpc) is 2.91. The topological polar surface area (TPSA) is 110 Å². The molecule has 9 nitrogen and oxygen atoms in total. The molecule has 3 aromatic rings. The maximum absolute atomic E-state index is 13.6. The van der Waals surface area contributed by atoms with Crippen molar-refractivity contribution < 1.29 is 22.9 Å². The number of benzene rings is 3. The van der Waals surface area contributed by atoms with Crippen molar-refractivity contribution in [1.82, 2.24) is 9.21 Å². The maximum atomic E-state index is 13.6. The molecule has 10 heteroatoms. The minimum atomic E-state index is -4.12. The van der Waals surface area contributed by atoms with Crippen molar-refractivity contribution in [2.24, 2.45) is 0 Å². The van der Waals surface area contributed by atoms with Gasteiger partial charge in [0, 0.05) is 31.7 Å². The number of sulfonamides is 1. The summed E-state index contributed by atoms with van der Waals surface area (Å²) in [6.07, 6.45) is 1.70. The number of esters is 1. The summed E-state index contributed by atoms with van der Waals surface area (Å²) in [6.45, 7) is 2.69. The van der Waals surface area contributed by atoms with E-state index in [2.05, 4.69) is 6.07 Å². The number of hydrogen-bond acceptors (Lipinski definition) is 7. The van der Waals surface area contributed by atoms with Gasteiger partial charge in [-0.15, -0.1) is 0 Å². The van der Waals surface area contributed by atoms with Gasteiger partial charge in [0.15, 0.2) is 4.90 Å². The second-order valence-electron chi connectivity index (χ2n) is 9.20. The molecule has 0 radical (unpaired) electrons. The fourth-order valence-electron chi connectivity index (χ4n) is 5.07. The number of nitrogens with zero attached hydrogens (tertiary/aromatic N) is 3. The van der Waals surface area contributed by atoms with Crippen LogP contribution in [0.4, 0.5) is 5.69 Å². The first-order valence-electron chi connectivity index (χ1n) is 12.3. The van der Waals surface area contributed by atoms with Crippen molar-refractivity contribution >= 4 is 32.5 Å². The second-order valence-corrected chi connectivity index (χ2v) is 11.1. The Morgan fingerprint density at radius 1 is 1.08 bits per heavy atom. The molecule has 0 bridgehead atoms. The molecule has 0 N–H and O–H groups in total. The number of carbonyl (C=O) groups is 1. The molecule has 3 aromatic carbocycles. The molecule has 0 spiro atoms. The van der Waals surface area contributed by atoms with Crippen molar-refractivity contribution in [1.29, 1.82) is 0 Å². The number of hydrogen-bond donors (Lipinski definition) is 0. The predicted molar refractivity (Wildman–Crippen MR) is 141 cm³/mol. The van der Waals surface area contributed by atoms with E-state index < -0.39 is 32.7 Å². The second kappa shape index (κ2) is 11.4. The minimum absolute atomic E-state index is 0.115. The predicted octanol–water partition coefficient (Wildman–Crippen LogP) is 4.01. The summed E-state index contributed by atoms with van der Waals surface area (Å²) in [5.41, 5.74) is 0.542. The van der Waals surface area contributed by atoms with E-state index in [1.165, 1.54) is 35.7 Å². The monoisotopic (exact) mass is 525 g/mol. The largest absolute Gasteiger partial charge is 0.468 e. The number of methoxy groups -OCH3 is 1. The Hall–Kier alpha value is -3.34.